The number of thiazole rings is 1. The number of ether oxygens (including phenoxy) is 1. The van der Waals surface area contributed by atoms with Crippen LogP contribution in [0.25, 0.3) is 11.0 Å². The third-order valence-electron chi connectivity index (χ3n) is 5.78. The van der Waals surface area contributed by atoms with Crippen LogP contribution in [0.4, 0.5) is 5.82 Å². The fraction of sp³-hybridized carbons (Fsp3) is 0.500. The van der Waals surface area contributed by atoms with Gasteiger partial charge in [-0.3, -0.25) is 4.79 Å². The highest BCUT2D eigenvalue weighted by Gasteiger charge is 2.33. The second-order valence-corrected chi connectivity index (χ2v) is 10.3. The highest BCUT2D eigenvalue weighted by atomic mass is 35.5. The van der Waals surface area contributed by atoms with Gasteiger partial charge in [0.2, 0.25) is 0 Å². The molecule has 4 rings (SSSR count). The minimum absolute atomic E-state index is 0.00153. The highest BCUT2D eigenvalue weighted by molar-refractivity contribution is 7.17. The Balaban J connectivity index is 1.68. The van der Waals surface area contributed by atoms with Crippen molar-refractivity contribution in [2.45, 2.75) is 57.7 Å². The van der Waals surface area contributed by atoms with Crippen molar-refractivity contribution in [3.8, 4) is 0 Å². The number of nitrogens with one attached hydrogen (secondary N) is 1. The Bertz CT molecular complexity index is 1160. The van der Waals surface area contributed by atoms with Gasteiger partial charge in [0.25, 0.3) is 5.91 Å². The molecule has 176 valence electrons. The average molecular weight is 490 g/mol. The van der Waals surface area contributed by atoms with E-state index in [1.807, 2.05) is 6.07 Å². The van der Waals surface area contributed by atoms with Gasteiger partial charge in [0, 0.05) is 31.7 Å². The Kier molecular flexibility index (Phi) is 7.26. The molecule has 1 amide bonds. The van der Waals surface area contributed by atoms with Gasteiger partial charge in [0.1, 0.15) is 15.7 Å². The standard InChI is InChI=1S/C22H28ClN7O2S/c1-12(2)4-20-29-16-9-25-19(27-11-24)8-17(16)30(20)14-5-13(6-15(7-14)32-3)28-21(31)22-26-10-18(23)33-22/h8-15H,4-7H2,1-3H3,(H,28,31)(H2,24,25,27)/t13-,14+,15+/m0/s1. The molecule has 3 heterocycles. The fourth-order valence-electron chi connectivity index (χ4n) is 4.47. The number of halogens is 1. The van der Waals surface area contributed by atoms with Crippen LogP contribution in [0.1, 0.15) is 54.8 Å². The van der Waals surface area contributed by atoms with Gasteiger partial charge in [-0.25, -0.2) is 19.9 Å². The molecule has 0 unspecified atom stereocenters. The Labute approximate surface area is 201 Å². The molecule has 1 aliphatic rings. The van der Waals surface area contributed by atoms with Gasteiger partial charge in [-0.2, -0.15) is 0 Å². The number of amides is 1. The molecule has 0 bridgehead atoms. The Morgan fingerprint density at radius 2 is 2.21 bits per heavy atom. The third kappa shape index (κ3) is 5.34. The summed E-state index contributed by atoms with van der Waals surface area (Å²) >= 11 is 7.13. The van der Waals surface area contributed by atoms with Crippen molar-refractivity contribution >= 4 is 52.0 Å². The molecular formula is C22H28ClN7O2S. The summed E-state index contributed by atoms with van der Waals surface area (Å²) in [5, 5.41) is 3.49. The second-order valence-electron chi connectivity index (χ2n) is 8.66. The number of fused-ring (bicyclic) bond motifs is 1. The van der Waals surface area contributed by atoms with Gasteiger partial charge in [0.05, 0.1) is 30.4 Å². The summed E-state index contributed by atoms with van der Waals surface area (Å²) in [4.78, 5) is 30.2. The highest BCUT2D eigenvalue weighted by Crippen LogP contribution is 2.35. The van der Waals surface area contributed by atoms with Crippen LogP contribution in [0.3, 0.4) is 0 Å². The molecule has 3 aromatic rings. The first kappa shape index (κ1) is 23.6. The first-order valence-corrected chi connectivity index (χ1v) is 12.1. The summed E-state index contributed by atoms with van der Waals surface area (Å²) in [6.07, 6.45) is 7.60. The minimum atomic E-state index is -0.214. The summed E-state index contributed by atoms with van der Waals surface area (Å²) < 4.78 is 8.53. The monoisotopic (exact) mass is 489 g/mol. The average Bonchev–Trinajstić information content (AvgIpc) is 3.36. The number of aliphatic imine (C=N–C) groups is 1. The summed E-state index contributed by atoms with van der Waals surface area (Å²) in [5.41, 5.74) is 7.26. The molecule has 0 saturated heterocycles. The van der Waals surface area contributed by atoms with Gasteiger partial charge < -0.3 is 20.4 Å². The topological polar surface area (TPSA) is 120 Å². The molecule has 0 aliphatic heterocycles. The maximum absolute atomic E-state index is 12.7. The molecule has 33 heavy (non-hydrogen) atoms. The van der Waals surface area contributed by atoms with E-state index >= 15 is 0 Å². The number of carbonyl (C=O) groups is 1. The molecule has 3 aromatic heterocycles. The lowest BCUT2D eigenvalue weighted by atomic mass is 9.88. The molecule has 9 nitrogen and oxygen atoms in total. The van der Waals surface area contributed by atoms with E-state index in [9.17, 15) is 4.79 Å². The molecule has 0 radical (unpaired) electrons. The largest absolute Gasteiger partial charge is 0.390 e. The van der Waals surface area contributed by atoms with Crippen molar-refractivity contribution in [2.24, 2.45) is 16.6 Å². The smallest absolute Gasteiger partial charge is 0.280 e. The fourth-order valence-corrected chi connectivity index (χ4v) is 5.28. The Hall–Kier alpha value is -2.56. The van der Waals surface area contributed by atoms with E-state index in [1.165, 1.54) is 23.9 Å². The lowest BCUT2D eigenvalue weighted by Crippen LogP contribution is -2.43. The lowest BCUT2D eigenvalue weighted by Gasteiger charge is -2.36. The number of hydrogen-bond donors (Lipinski definition) is 2. The Morgan fingerprint density at radius 1 is 1.39 bits per heavy atom. The number of rotatable bonds is 7. The molecule has 3 atom stereocenters. The molecule has 11 heteroatoms. The molecule has 1 aliphatic carbocycles. The second kappa shape index (κ2) is 10.1. The minimum Gasteiger partial charge on any atom is -0.390 e. The van der Waals surface area contributed by atoms with Crippen molar-refractivity contribution < 1.29 is 9.53 Å². The predicted molar refractivity (Wildman–Crippen MR) is 130 cm³/mol. The van der Waals surface area contributed by atoms with Gasteiger partial charge in [-0.05, 0) is 25.2 Å². The molecule has 0 spiro atoms. The molecule has 1 saturated carbocycles. The van der Waals surface area contributed by atoms with E-state index in [-0.39, 0.29) is 24.1 Å². The van der Waals surface area contributed by atoms with Gasteiger partial charge in [0.15, 0.2) is 10.8 Å². The maximum atomic E-state index is 12.7. The maximum Gasteiger partial charge on any atom is 0.280 e. The van der Waals surface area contributed by atoms with Crippen molar-refractivity contribution in [2.75, 3.05) is 7.11 Å². The zero-order valence-electron chi connectivity index (χ0n) is 18.9. The van der Waals surface area contributed by atoms with E-state index in [4.69, 9.17) is 27.1 Å². The number of nitrogens with zero attached hydrogens (tertiary/aromatic N) is 5. The van der Waals surface area contributed by atoms with Crippen LogP contribution in [0, 0.1) is 5.92 Å². The quantitative estimate of drug-likeness (QED) is 0.383. The Morgan fingerprint density at radius 3 is 2.88 bits per heavy atom. The number of hydrogen-bond acceptors (Lipinski definition) is 7. The molecular weight excluding hydrogens is 462 g/mol. The van der Waals surface area contributed by atoms with E-state index in [2.05, 4.69) is 38.7 Å². The summed E-state index contributed by atoms with van der Waals surface area (Å²) in [7, 11) is 1.71. The van der Waals surface area contributed by atoms with Crippen LogP contribution < -0.4 is 11.1 Å². The third-order valence-corrected chi connectivity index (χ3v) is 6.89. The predicted octanol–water partition coefficient (Wildman–Crippen LogP) is 3.90. The summed E-state index contributed by atoms with van der Waals surface area (Å²) in [6, 6.07) is 1.93. The van der Waals surface area contributed by atoms with Crippen LogP contribution in [-0.2, 0) is 11.2 Å². The van der Waals surface area contributed by atoms with Gasteiger partial charge in [-0.1, -0.05) is 36.8 Å². The van der Waals surface area contributed by atoms with Crippen LogP contribution in [0.2, 0.25) is 4.34 Å². The van der Waals surface area contributed by atoms with E-state index in [0.717, 1.165) is 42.5 Å². The van der Waals surface area contributed by atoms with Crippen molar-refractivity contribution in [3.05, 3.63) is 33.6 Å². The van der Waals surface area contributed by atoms with E-state index < -0.39 is 0 Å². The summed E-state index contributed by atoms with van der Waals surface area (Å²) in [5.74, 6) is 1.75. The van der Waals surface area contributed by atoms with Crippen molar-refractivity contribution in [1.82, 2.24) is 24.8 Å². The van der Waals surface area contributed by atoms with E-state index in [0.29, 0.717) is 21.1 Å². The zero-order valence-corrected chi connectivity index (χ0v) is 20.4. The summed E-state index contributed by atoms with van der Waals surface area (Å²) in [6.45, 7) is 4.35. The SMILES string of the molecule is CO[C@@H]1C[C@@H](NC(=O)c2ncc(Cl)s2)C[C@@H](n2c(CC(C)C)nc3cnc(N=CN)cc32)C1. The number of methoxy groups -OCH3 is 1. The number of pyridine rings is 1. The first-order chi connectivity index (χ1) is 15.9. The van der Waals surface area contributed by atoms with Crippen molar-refractivity contribution in [3.63, 3.8) is 0 Å². The number of carbonyl (C=O) groups excluding carboxylic acids is 1. The first-order valence-electron chi connectivity index (χ1n) is 10.9. The van der Waals surface area contributed by atoms with Crippen LogP contribution >= 0.6 is 22.9 Å². The van der Waals surface area contributed by atoms with Crippen LogP contribution in [0.15, 0.2) is 23.5 Å². The van der Waals surface area contributed by atoms with Crippen molar-refractivity contribution in [1.29, 1.82) is 0 Å². The molecule has 3 N–H and O–H groups in total. The number of imidazole rings is 1. The van der Waals surface area contributed by atoms with Crippen LogP contribution in [-0.4, -0.2) is 51.0 Å². The normalized spacial score (nSPS) is 21.3. The number of aromatic nitrogens is 4. The van der Waals surface area contributed by atoms with Crippen LogP contribution in [0.5, 0.6) is 0 Å². The molecule has 1 fully saturated rings. The lowest BCUT2D eigenvalue weighted by molar-refractivity contribution is 0.0390. The van der Waals surface area contributed by atoms with Gasteiger partial charge in [-0.15, -0.1) is 0 Å². The van der Waals surface area contributed by atoms with E-state index in [1.54, 1.807) is 13.3 Å². The van der Waals surface area contributed by atoms with Gasteiger partial charge >= 0.3 is 0 Å². The number of nitrogens with two attached hydrogens (primary N) is 1. The zero-order chi connectivity index (χ0) is 23.5. The molecule has 0 aromatic carbocycles.